The number of nitrogens with zero attached hydrogens (tertiary/aromatic N) is 3. The monoisotopic (exact) mass is 347 g/mol. The van der Waals surface area contributed by atoms with Crippen LogP contribution in [0, 0.1) is 0 Å². The topological polar surface area (TPSA) is 74.5 Å². The molecule has 0 heterocycles. The predicted molar refractivity (Wildman–Crippen MR) is 85.1 cm³/mol. The molecule has 0 radical (unpaired) electrons. The Bertz CT molecular complexity index is 544. The zero-order valence-corrected chi connectivity index (χ0v) is 13.6. The molecule has 0 aliphatic heterocycles. The number of rotatable bonds is 5. The van der Waals surface area contributed by atoms with Crippen molar-refractivity contribution < 1.29 is 27.9 Å². The molecule has 0 aliphatic rings. The zero-order chi connectivity index (χ0) is 18.6. The summed E-state index contributed by atoms with van der Waals surface area (Å²) in [6, 6.07) is 9.94. The molecule has 134 valence electrons. The molecule has 1 N–H and O–H groups in total. The van der Waals surface area contributed by atoms with Crippen LogP contribution in [0.15, 0.2) is 40.5 Å². The number of carboxylic acids is 1. The molecule has 0 unspecified atom stereocenters. The van der Waals surface area contributed by atoms with E-state index in [9.17, 15) is 13.2 Å². The van der Waals surface area contributed by atoms with Crippen molar-refractivity contribution >= 4 is 18.0 Å². The summed E-state index contributed by atoms with van der Waals surface area (Å²) in [5.41, 5.74) is 1.10. The first kappa shape index (κ1) is 21.4. The summed E-state index contributed by atoms with van der Waals surface area (Å²) in [4.78, 5) is 20.3. The van der Waals surface area contributed by atoms with Gasteiger partial charge in [-0.1, -0.05) is 35.5 Å². The van der Waals surface area contributed by atoms with Crippen molar-refractivity contribution in [3.05, 3.63) is 35.9 Å². The van der Waals surface area contributed by atoms with E-state index in [0.29, 0.717) is 6.61 Å². The van der Waals surface area contributed by atoms with Gasteiger partial charge in [0.1, 0.15) is 18.7 Å². The Kier molecular flexibility index (Phi) is 9.85. The van der Waals surface area contributed by atoms with Gasteiger partial charge in [-0.05, 0) is 12.5 Å². The summed E-state index contributed by atoms with van der Waals surface area (Å²) >= 11 is 0. The van der Waals surface area contributed by atoms with Gasteiger partial charge in [-0.2, -0.15) is 13.2 Å². The quantitative estimate of drug-likeness (QED) is 0.505. The van der Waals surface area contributed by atoms with Gasteiger partial charge in [0.25, 0.3) is 0 Å². The fourth-order valence-electron chi connectivity index (χ4n) is 1.23. The summed E-state index contributed by atoms with van der Waals surface area (Å²) in [6.07, 6.45) is -3.45. The largest absolute Gasteiger partial charge is 0.490 e. The number of aliphatic imine (C=N–C) groups is 1. The van der Waals surface area contributed by atoms with Crippen molar-refractivity contribution in [3.63, 3.8) is 0 Å². The van der Waals surface area contributed by atoms with E-state index in [1.54, 1.807) is 6.21 Å². The fraction of sp³-hybridized carbons (Fsp3) is 0.400. The van der Waals surface area contributed by atoms with E-state index in [2.05, 4.69) is 10.1 Å². The average molecular weight is 347 g/mol. The maximum Gasteiger partial charge on any atom is 0.490 e. The van der Waals surface area contributed by atoms with Gasteiger partial charge < -0.3 is 14.8 Å². The number of carbonyl (C=O) groups is 1. The smallest absolute Gasteiger partial charge is 0.475 e. The minimum Gasteiger partial charge on any atom is -0.475 e. The molecule has 6 nitrogen and oxygen atoms in total. The number of aliphatic carboxylic acids is 1. The molecule has 0 atom stereocenters. The van der Waals surface area contributed by atoms with Gasteiger partial charge in [0.2, 0.25) is 0 Å². The Morgan fingerprint density at radius 1 is 1.29 bits per heavy atom. The van der Waals surface area contributed by atoms with Crippen LogP contribution in [-0.2, 0) is 16.2 Å². The molecule has 1 aromatic carbocycles. The Labute approximate surface area is 138 Å². The van der Waals surface area contributed by atoms with Crippen LogP contribution < -0.4 is 0 Å². The van der Waals surface area contributed by atoms with Crippen LogP contribution in [0.1, 0.15) is 12.5 Å². The summed E-state index contributed by atoms with van der Waals surface area (Å²) in [6.45, 7) is 3.20. The Hall–Kier alpha value is -2.58. The molecule has 0 fully saturated rings. The lowest BCUT2D eigenvalue weighted by Crippen LogP contribution is -2.23. The average Bonchev–Trinajstić information content (AvgIpc) is 2.51. The van der Waals surface area contributed by atoms with Crippen molar-refractivity contribution in [1.29, 1.82) is 0 Å². The van der Waals surface area contributed by atoms with E-state index in [4.69, 9.17) is 14.7 Å². The van der Waals surface area contributed by atoms with E-state index in [0.717, 1.165) is 17.9 Å². The molecule has 9 heteroatoms. The molecular formula is C15H20F3N3O3. The molecule has 0 aromatic heterocycles. The molecule has 0 spiro atoms. The van der Waals surface area contributed by atoms with Gasteiger partial charge in [0.15, 0.2) is 0 Å². The van der Waals surface area contributed by atoms with Gasteiger partial charge >= 0.3 is 12.1 Å². The lowest BCUT2D eigenvalue weighted by molar-refractivity contribution is -0.192. The Balaban J connectivity index is 0.000000640. The van der Waals surface area contributed by atoms with Gasteiger partial charge in [-0.3, -0.25) is 4.99 Å². The van der Waals surface area contributed by atoms with Crippen molar-refractivity contribution in [1.82, 2.24) is 4.90 Å². The fourth-order valence-corrected chi connectivity index (χ4v) is 1.23. The van der Waals surface area contributed by atoms with Crippen LogP contribution in [-0.4, -0.2) is 54.8 Å². The summed E-state index contributed by atoms with van der Waals surface area (Å²) in [7, 11) is 3.86. The SMILES string of the molecule is CCN=C(/C=N/OCc1ccccc1)N(C)C.O=C(O)C(F)(F)F. The van der Waals surface area contributed by atoms with Gasteiger partial charge in [-0.25, -0.2) is 4.79 Å². The number of alkyl halides is 3. The van der Waals surface area contributed by atoms with Crippen LogP contribution in [0.2, 0.25) is 0 Å². The number of hydrogen-bond donors (Lipinski definition) is 1. The molecular weight excluding hydrogens is 327 g/mol. The van der Waals surface area contributed by atoms with Crippen LogP contribution in [0.3, 0.4) is 0 Å². The Morgan fingerprint density at radius 2 is 1.83 bits per heavy atom. The van der Waals surface area contributed by atoms with Crippen LogP contribution in [0.25, 0.3) is 0 Å². The number of benzene rings is 1. The van der Waals surface area contributed by atoms with Crippen molar-refractivity contribution in [2.45, 2.75) is 19.7 Å². The molecule has 0 amide bonds. The summed E-state index contributed by atoms with van der Waals surface area (Å²) < 4.78 is 31.7. The third kappa shape index (κ3) is 10.2. The predicted octanol–water partition coefficient (Wildman–Crippen LogP) is 2.80. The van der Waals surface area contributed by atoms with E-state index < -0.39 is 12.1 Å². The molecule has 1 aromatic rings. The maximum absolute atomic E-state index is 10.6. The minimum absolute atomic E-state index is 0.476. The first-order valence-corrected chi connectivity index (χ1v) is 6.89. The lowest BCUT2D eigenvalue weighted by atomic mass is 10.2. The second-order valence-corrected chi connectivity index (χ2v) is 4.52. The van der Waals surface area contributed by atoms with Crippen LogP contribution in [0.4, 0.5) is 13.2 Å². The Morgan fingerprint density at radius 3 is 2.25 bits per heavy atom. The lowest BCUT2D eigenvalue weighted by Gasteiger charge is -2.10. The second kappa shape index (κ2) is 11.0. The second-order valence-electron chi connectivity index (χ2n) is 4.52. The number of halogens is 3. The molecule has 1 rings (SSSR count). The highest BCUT2D eigenvalue weighted by molar-refractivity contribution is 6.28. The number of carboxylic acid groups (broad SMARTS) is 1. The van der Waals surface area contributed by atoms with Gasteiger partial charge in [0.05, 0.1) is 0 Å². The van der Waals surface area contributed by atoms with E-state index in [-0.39, 0.29) is 0 Å². The van der Waals surface area contributed by atoms with E-state index >= 15 is 0 Å². The highest BCUT2D eigenvalue weighted by atomic mass is 19.4. The standard InChI is InChI=1S/C13H19N3O.C2HF3O2/c1-4-14-13(16(2)3)10-15-17-11-12-8-6-5-7-9-12;3-2(4,5)1(6)7/h5-10H,4,11H2,1-3H3;(H,6,7)/b14-13?,15-10+;. The summed E-state index contributed by atoms with van der Waals surface area (Å²) in [5.74, 6) is -1.95. The van der Waals surface area contributed by atoms with Crippen molar-refractivity contribution in [3.8, 4) is 0 Å². The molecule has 0 saturated heterocycles. The summed E-state index contributed by atoms with van der Waals surface area (Å²) in [5, 5.41) is 11.0. The van der Waals surface area contributed by atoms with Crippen LogP contribution in [0.5, 0.6) is 0 Å². The van der Waals surface area contributed by atoms with Crippen molar-refractivity contribution in [2.24, 2.45) is 10.1 Å². The van der Waals surface area contributed by atoms with Gasteiger partial charge in [0, 0.05) is 20.6 Å². The first-order chi connectivity index (χ1) is 11.2. The van der Waals surface area contributed by atoms with E-state index in [1.165, 1.54) is 0 Å². The van der Waals surface area contributed by atoms with Gasteiger partial charge in [-0.15, -0.1) is 0 Å². The number of amidine groups is 1. The van der Waals surface area contributed by atoms with Crippen molar-refractivity contribution in [2.75, 3.05) is 20.6 Å². The third-order valence-corrected chi connectivity index (χ3v) is 2.34. The first-order valence-electron chi connectivity index (χ1n) is 6.89. The molecule has 24 heavy (non-hydrogen) atoms. The van der Waals surface area contributed by atoms with E-state index in [1.807, 2.05) is 56.3 Å². The highest BCUT2D eigenvalue weighted by Crippen LogP contribution is 2.13. The normalized spacial score (nSPS) is 11.7. The minimum atomic E-state index is -5.08. The van der Waals surface area contributed by atoms with Crippen LogP contribution >= 0.6 is 0 Å². The molecule has 0 aliphatic carbocycles. The number of oxime groups is 1. The number of hydrogen-bond acceptors (Lipinski definition) is 4. The molecule has 0 bridgehead atoms. The third-order valence-electron chi connectivity index (χ3n) is 2.34. The maximum atomic E-state index is 10.6. The highest BCUT2D eigenvalue weighted by Gasteiger charge is 2.38. The zero-order valence-electron chi connectivity index (χ0n) is 13.6. The molecule has 0 saturated carbocycles.